The van der Waals surface area contributed by atoms with E-state index in [9.17, 15) is 4.79 Å². The first-order valence-electron chi connectivity index (χ1n) is 9.43. The number of amides is 1. The Kier molecular flexibility index (Phi) is 5.65. The van der Waals surface area contributed by atoms with Gasteiger partial charge in [0.1, 0.15) is 11.8 Å². The standard InChI is InChI=1S/C22H23N7O/c1-12(2)29-11-16(10-27-29)20(25)18-7-17(5-6-19(18)24)28-22(30)21-14(4)13(3)15(8-23)9-26-21/h5-7,9-12,25H,24H2,1-4H3,(H,28,30). The van der Waals surface area contributed by atoms with E-state index in [4.69, 9.17) is 16.4 Å². The van der Waals surface area contributed by atoms with Gasteiger partial charge in [0.15, 0.2) is 0 Å². The third-order valence-corrected chi connectivity index (χ3v) is 4.98. The van der Waals surface area contributed by atoms with E-state index >= 15 is 0 Å². The molecule has 0 saturated carbocycles. The van der Waals surface area contributed by atoms with Gasteiger partial charge in [-0.05, 0) is 57.0 Å². The van der Waals surface area contributed by atoms with Crippen LogP contribution < -0.4 is 11.1 Å². The van der Waals surface area contributed by atoms with Crippen molar-refractivity contribution in [3.05, 3.63) is 70.3 Å². The molecule has 1 aromatic carbocycles. The number of nitrogens with two attached hydrogens (primary N) is 1. The number of nitrogens with one attached hydrogen (secondary N) is 2. The molecule has 3 aromatic rings. The molecule has 4 N–H and O–H groups in total. The molecule has 2 heterocycles. The Hall–Kier alpha value is -3.99. The van der Waals surface area contributed by atoms with E-state index in [1.165, 1.54) is 6.20 Å². The Bertz CT molecular complexity index is 1180. The minimum absolute atomic E-state index is 0.182. The van der Waals surface area contributed by atoms with Crippen LogP contribution in [0, 0.1) is 30.6 Å². The van der Waals surface area contributed by atoms with Crippen LogP contribution in [0.5, 0.6) is 0 Å². The number of nitriles is 1. The highest BCUT2D eigenvalue weighted by Crippen LogP contribution is 2.23. The summed E-state index contributed by atoms with van der Waals surface area (Å²) in [5.41, 5.74) is 10.4. The third kappa shape index (κ3) is 3.91. The van der Waals surface area contributed by atoms with Gasteiger partial charge in [0.05, 0.1) is 17.5 Å². The summed E-state index contributed by atoms with van der Waals surface area (Å²) < 4.78 is 1.77. The second-order valence-electron chi connectivity index (χ2n) is 7.32. The number of nitrogens with zero attached hydrogens (tertiary/aromatic N) is 4. The van der Waals surface area contributed by atoms with Crippen molar-refractivity contribution in [2.75, 3.05) is 11.1 Å². The van der Waals surface area contributed by atoms with Gasteiger partial charge < -0.3 is 11.1 Å². The van der Waals surface area contributed by atoms with Crippen LogP contribution in [0.3, 0.4) is 0 Å². The van der Waals surface area contributed by atoms with Crippen molar-refractivity contribution in [1.82, 2.24) is 14.8 Å². The lowest BCUT2D eigenvalue weighted by molar-refractivity contribution is 0.102. The molecule has 0 bridgehead atoms. The molecule has 0 aliphatic carbocycles. The van der Waals surface area contributed by atoms with Crippen LogP contribution in [0.2, 0.25) is 0 Å². The molecule has 8 nitrogen and oxygen atoms in total. The molecule has 3 rings (SSSR count). The molecule has 1 amide bonds. The number of carbonyl (C=O) groups is 1. The van der Waals surface area contributed by atoms with Crippen LogP contribution in [0.1, 0.15) is 58.2 Å². The summed E-state index contributed by atoms with van der Waals surface area (Å²) in [4.78, 5) is 16.9. The Morgan fingerprint density at radius 1 is 1.27 bits per heavy atom. The van der Waals surface area contributed by atoms with Crippen LogP contribution in [0.25, 0.3) is 0 Å². The van der Waals surface area contributed by atoms with Crippen molar-refractivity contribution in [3.8, 4) is 6.07 Å². The van der Waals surface area contributed by atoms with Crippen molar-refractivity contribution in [2.24, 2.45) is 0 Å². The van der Waals surface area contributed by atoms with E-state index < -0.39 is 5.91 Å². The Morgan fingerprint density at radius 2 is 2.00 bits per heavy atom. The zero-order chi connectivity index (χ0) is 22.0. The van der Waals surface area contributed by atoms with Gasteiger partial charge in [0.2, 0.25) is 0 Å². The van der Waals surface area contributed by atoms with Gasteiger partial charge in [0.25, 0.3) is 5.91 Å². The fourth-order valence-corrected chi connectivity index (χ4v) is 2.99. The topological polar surface area (TPSA) is 133 Å². The fraction of sp³-hybridized carbons (Fsp3) is 0.227. The van der Waals surface area contributed by atoms with Gasteiger partial charge in [0, 0.05) is 40.9 Å². The molecule has 8 heteroatoms. The normalized spacial score (nSPS) is 10.7. The molecule has 152 valence electrons. The fourth-order valence-electron chi connectivity index (χ4n) is 2.99. The van der Waals surface area contributed by atoms with E-state index in [0.29, 0.717) is 33.6 Å². The molecule has 2 aromatic heterocycles. The number of pyridine rings is 1. The molecule has 30 heavy (non-hydrogen) atoms. The predicted molar refractivity (Wildman–Crippen MR) is 116 cm³/mol. The van der Waals surface area contributed by atoms with Crippen molar-refractivity contribution in [3.63, 3.8) is 0 Å². The van der Waals surface area contributed by atoms with Gasteiger partial charge in [-0.25, -0.2) is 4.98 Å². The molecule has 0 fully saturated rings. The number of carbonyl (C=O) groups excluding carboxylic acids is 1. The van der Waals surface area contributed by atoms with Crippen LogP contribution in [-0.2, 0) is 0 Å². The zero-order valence-electron chi connectivity index (χ0n) is 17.3. The summed E-state index contributed by atoms with van der Waals surface area (Å²) in [5, 5.41) is 24.7. The first-order chi connectivity index (χ1) is 14.2. The lowest BCUT2D eigenvalue weighted by Gasteiger charge is -2.12. The summed E-state index contributed by atoms with van der Waals surface area (Å²) in [7, 11) is 0. The van der Waals surface area contributed by atoms with Gasteiger partial charge in [-0.3, -0.25) is 14.9 Å². The zero-order valence-corrected chi connectivity index (χ0v) is 17.3. The van der Waals surface area contributed by atoms with E-state index in [2.05, 4.69) is 21.5 Å². The number of nitrogen functional groups attached to an aromatic ring is 1. The maximum absolute atomic E-state index is 12.7. The van der Waals surface area contributed by atoms with E-state index in [-0.39, 0.29) is 17.4 Å². The maximum Gasteiger partial charge on any atom is 0.274 e. The number of hydrogen-bond acceptors (Lipinski definition) is 6. The smallest absolute Gasteiger partial charge is 0.274 e. The maximum atomic E-state index is 12.7. The van der Waals surface area contributed by atoms with Crippen molar-refractivity contribution >= 4 is 23.0 Å². The number of anilines is 2. The second kappa shape index (κ2) is 8.17. The van der Waals surface area contributed by atoms with Crippen LogP contribution in [0.15, 0.2) is 36.8 Å². The SMILES string of the molecule is Cc1c(C#N)cnc(C(=O)Nc2ccc(N)c(C(=N)c3cnn(C(C)C)c3)c2)c1C. The van der Waals surface area contributed by atoms with Gasteiger partial charge in [-0.1, -0.05) is 0 Å². The van der Waals surface area contributed by atoms with Crippen LogP contribution in [-0.4, -0.2) is 26.4 Å². The first kappa shape index (κ1) is 20.7. The average Bonchev–Trinajstić information content (AvgIpc) is 3.21. The van der Waals surface area contributed by atoms with E-state index in [1.54, 1.807) is 49.1 Å². The van der Waals surface area contributed by atoms with Gasteiger partial charge >= 0.3 is 0 Å². The molecular formula is C22H23N7O. The Balaban J connectivity index is 1.88. The van der Waals surface area contributed by atoms with E-state index in [1.807, 2.05) is 13.8 Å². The molecule has 0 aliphatic rings. The Morgan fingerprint density at radius 3 is 2.63 bits per heavy atom. The summed E-state index contributed by atoms with van der Waals surface area (Å²) >= 11 is 0. The summed E-state index contributed by atoms with van der Waals surface area (Å²) in [5.74, 6) is -0.394. The Labute approximate surface area is 174 Å². The summed E-state index contributed by atoms with van der Waals surface area (Å²) in [6.07, 6.45) is 4.82. The predicted octanol–water partition coefficient (Wildman–Crippen LogP) is 3.60. The minimum Gasteiger partial charge on any atom is -0.398 e. The third-order valence-electron chi connectivity index (χ3n) is 4.98. The number of benzene rings is 1. The largest absolute Gasteiger partial charge is 0.398 e. The minimum atomic E-state index is -0.394. The van der Waals surface area contributed by atoms with Crippen molar-refractivity contribution in [1.29, 1.82) is 10.7 Å². The highest BCUT2D eigenvalue weighted by atomic mass is 16.1. The summed E-state index contributed by atoms with van der Waals surface area (Å²) in [6, 6.07) is 7.23. The lowest BCUT2D eigenvalue weighted by Crippen LogP contribution is -2.17. The van der Waals surface area contributed by atoms with Crippen molar-refractivity contribution in [2.45, 2.75) is 33.7 Å². The quantitative estimate of drug-likeness (QED) is 0.444. The highest BCUT2D eigenvalue weighted by molar-refractivity contribution is 6.14. The van der Waals surface area contributed by atoms with Gasteiger partial charge in [-0.15, -0.1) is 0 Å². The van der Waals surface area contributed by atoms with Crippen LogP contribution >= 0.6 is 0 Å². The average molecular weight is 401 g/mol. The second-order valence-corrected chi connectivity index (χ2v) is 7.32. The van der Waals surface area contributed by atoms with Gasteiger partial charge in [-0.2, -0.15) is 10.4 Å². The number of hydrogen-bond donors (Lipinski definition) is 3. The molecule has 0 aliphatic heterocycles. The first-order valence-corrected chi connectivity index (χ1v) is 9.43. The molecular weight excluding hydrogens is 378 g/mol. The number of rotatable bonds is 5. The summed E-state index contributed by atoms with van der Waals surface area (Å²) in [6.45, 7) is 7.55. The van der Waals surface area contributed by atoms with E-state index in [0.717, 1.165) is 5.56 Å². The number of aromatic nitrogens is 3. The molecule has 0 spiro atoms. The van der Waals surface area contributed by atoms with Crippen LogP contribution in [0.4, 0.5) is 11.4 Å². The molecule has 0 saturated heterocycles. The highest BCUT2D eigenvalue weighted by Gasteiger charge is 2.17. The van der Waals surface area contributed by atoms with Crippen molar-refractivity contribution < 1.29 is 4.79 Å². The molecule has 0 radical (unpaired) electrons. The monoisotopic (exact) mass is 401 g/mol. The molecule has 0 unspecified atom stereocenters. The molecule has 0 atom stereocenters. The lowest BCUT2D eigenvalue weighted by atomic mass is 10.0.